The number of carbonyl (C=O) groups excluding carboxylic acids is 2. The predicted molar refractivity (Wildman–Crippen MR) is 109 cm³/mol. The van der Waals surface area contributed by atoms with Gasteiger partial charge in [0, 0.05) is 16.7 Å². The molecule has 1 amide bonds. The molecule has 1 aromatic heterocycles. The minimum absolute atomic E-state index is 0.0510. The molecule has 5 nitrogen and oxygen atoms in total. The van der Waals surface area contributed by atoms with Crippen molar-refractivity contribution in [2.75, 3.05) is 12.4 Å². The summed E-state index contributed by atoms with van der Waals surface area (Å²) in [5, 5.41) is 3.31. The van der Waals surface area contributed by atoms with Gasteiger partial charge in [0.1, 0.15) is 11.3 Å². The van der Waals surface area contributed by atoms with Crippen LogP contribution >= 0.6 is 11.3 Å². The summed E-state index contributed by atoms with van der Waals surface area (Å²) in [5.41, 5.74) is 4.14. The van der Waals surface area contributed by atoms with Gasteiger partial charge in [0.05, 0.1) is 11.8 Å². The molecule has 0 saturated carbocycles. The summed E-state index contributed by atoms with van der Waals surface area (Å²) in [6.45, 7) is 0. The summed E-state index contributed by atoms with van der Waals surface area (Å²) in [5.74, 6) is 0.310. The molecule has 1 aliphatic rings. The zero-order valence-corrected chi connectivity index (χ0v) is 15.7. The lowest BCUT2D eigenvalue weighted by Crippen LogP contribution is -2.12. The maximum atomic E-state index is 12.7. The first-order valence-electron chi connectivity index (χ1n) is 8.69. The Hall–Kier alpha value is -3.51. The fourth-order valence-electron chi connectivity index (χ4n) is 3.48. The number of fused-ring (bicyclic) bond motifs is 4. The number of para-hydroxylation sites is 1. The molecular weight excluding hydrogens is 372 g/mol. The lowest BCUT2D eigenvalue weighted by Gasteiger charge is -2.04. The summed E-state index contributed by atoms with van der Waals surface area (Å²) in [7, 11) is 1.59. The van der Waals surface area contributed by atoms with Crippen molar-refractivity contribution in [1.29, 1.82) is 0 Å². The number of amides is 1. The van der Waals surface area contributed by atoms with Gasteiger partial charge in [-0.25, -0.2) is 4.98 Å². The number of rotatable bonds is 3. The molecule has 0 bridgehead atoms. The topological polar surface area (TPSA) is 68.3 Å². The van der Waals surface area contributed by atoms with Crippen LogP contribution in [0.25, 0.3) is 21.3 Å². The highest BCUT2D eigenvalue weighted by molar-refractivity contribution is 7.22. The van der Waals surface area contributed by atoms with Gasteiger partial charge in [0.15, 0.2) is 10.9 Å². The lowest BCUT2D eigenvalue weighted by molar-refractivity contribution is 0.102. The van der Waals surface area contributed by atoms with E-state index in [0.29, 0.717) is 33.1 Å². The van der Waals surface area contributed by atoms with Crippen molar-refractivity contribution in [3.05, 3.63) is 77.4 Å². The van der Waals surface area contributed by atoms with Crippen molar-refractivity contribution in [2.45, 2.75) is 0 Å². The molecule has 3 aromatic carbocycles. The van der Waals surface area contributed by atoms with Gasteiger partial charge in [-0.1, -0.05) is 47.7 Å². The van der Waals surface area contributed by atoms with Crippen molar-refractivity contribution < 1.29 is 14.3 Å². The molecule has 0 saturated heterocycles. The van der Waals surface area contributed by atoms with Crippen molar-refractivity contribution in [3.63, 3.8) is 0 Å². The number of methoxy groups -OCH3 is 1. The molecule has 1 N–H and O–H groups in total. The number of nitrogens with one attached hydrogen (secondary N) is 1. The maximum absolute atomic E-state index is 12.7. The molecule has 6 heteroatoms. The van der Waals surface area contributed by atoms with E-state index in [9.17, 15) is 9.59 Å². The second kappa shape index (κ2) is 6.28. The molecule has 0 fully saturated rings. The summed E-state index contributed by atoms with van der Waals surface area (Å²) in [6, 6.07) is 18.3. The first kappa shape index (κ1) is 16.6. The van der Waals surface area contributed by atoms with Gasteiger partial charge in [-0.3, -0.25) is 14.9 Å². The van der Waals surface area contributed by atoms with Gasteiger partial charge in [0.25, 0.3) is 5.91 Å². The van der Waals surface area contributed by atoms with Crippen LogP contribution in [-0.2, 0) is 0 Å². The second-order valence-electron chi connectivity index (χ2n) is 6.42. The molecular formula is C22H14N2O3S. The van der Waals surface area contributed by atoms with Crippen LogP contribution in [0.4, 0.5) is 5.13 Å². The third kappa shape index (κ3) is 2.50. The average molecular weight is 386 g/mol. The number of nitrogens with zero attached hydrogens (tertiary/aromatic N) is 1. The minimum atomic E-state index is -0.301. The average Bonchev–Trinajstić information content (AvgIpc) is 3.26. The van der Waals surface area contributed by atoms with E-state index in [1.54, 1.807) is 19.2 Å². The number of thiazole rings is 1. The molecule has 0 aliphatic heterocycles. The Morgan fingerprint density at radius 3 is 2.57 bits per heavy atom. The van der Waals surface area contributed by atoms with Gasteiger partial charge in [0.2, 0.25) is 0 Å². The Bertz CT molecular complexity index is 1280. The fourth-order valence-corrected chi connectivity index (χ4v) is 4.36. The van der Waals surface area contributed by atoms with Crippen LogP contribution in [-0.4, -0.2) is 23.8 Å². The van der Waals surface area contributed by atoms with Gasteiger partial charge >= 0.3 is 0 Å². The number of benzene rings is 3. The minimum Gasteiger partial charge on any atom is -0.494 e. The molecule has 0 atom stereocenters. The summed E-state index contributed by atoms with van der Waals surface area (Å²) < 4.78 is 6.24. The lowest BCUT2D eigenvalue weighted by atomic mass is 10.0. The van der Waals surface area contributed by atoms with Crippen LogP contribution < -0.4 is 10.1 Å². The molecule has 28 heavy (non-hydrogen) atoms. The van der Waals surface area contributed by atoms with Crippen molar-refractivity contribution in [1.82, 2.24) is 4.98 Å². The van der Waals surface area contributed by atoms with E-state index >= 15 is 0 Å². The van der Waals surface area contributed by atoms with Crippen LogP contribution in [0.3, 0.4) is 0 Å². The van der Waals surface area contributed by atoms with Gasteiger partial charge < -0.3 is 4.74 Å². The number of hydrogen-bond acceptors (Lipinski definition) is 5. The van der Waals surface area contributed by atoms with Crippen molar-refractivity contribution in [3.8, 4) is 16.9 Å². The van der Waals surface area contributed by atoms with Gasteiger partial charge in [-0.05, 0) is 35.4 Å². The number of hydrogen-bond donors (Lipinski definition) is 1. The third-order valence-electron chi connectivity index (χ3n) is 4.81. The van der Waals surface area contributed by atoms with Gasteiger partial charge in [-0.15, -0.1) is 0 Å². The van der Waals surface area contributed by atoms with E-state index in [-0.39, 0.29) is 11.7 Å². The first-order valence-corrected chi connectivity index (χ1v) is 9.50. The third-order valence-corrected chi connectivity index (χ3v) is 5.75. The molecule has 136 valence electrons. The Morgan fingerprint density at radius 2 is 1.75 bits per heavy atom. The van der Waals surface area contributed by atoms with E-state index in [0.717, 1.165) is 15.8 Å². The van der Waals surface area contributed by atoms with Crippen LogP contribution in [0.5, 0.6) is 5.75 Å². The molecule has 1 aliphatic carbocycles. The number of ether oxygens (including phenoxy) is 1. The van der Waals surface area contributed by atoms with E-state index in [4.69, 9.17) is 4.74 Å². The molecule has 5 rings (SSSR count). The monoisotopic (exact) mass is 386 g/mol. The first-order chi connectivity index (χ1) is 13.7. The SMILES string of the molecule is COc1cccc2sc(NC(=O)c3ccc4c(c3)C(=O)c3ccccc3-4)nc12. The number of aromatic nitrogens is 1. The quantitative estimate of drug-likeness (QED) is 0.485. The van der Waals surface area contributed by atoms with Crippen LogP contribution in [0.15, 0.2) is 60.7 Å². The predicted octanol–water partition coefficient (Wildman–Crippen LogP) is 4.77. The smallest absolute Gasteiger partial charge is 0.257 e. The summed E-state index contributed by atoms with van der Waals surface area (Å²) in [4.78, 5) is 29.9. The number of anilines is 1. The molecule has 4 aromatic rings. The molecule has 0 unspecified atom stereocenters. The van der Waals surface area contributed by atoms with Gasteiger partial charge in [-0.2, -0.15) is 0 Å². The number of ketones is 1. The van der Waals surface area contributed by atoms with Crippen LogP contribution in [0.1, 0.15) is 26.3 Å². The fraction of sp³-hybridized carbons (Fsp3) is 0.0455. The van der Waals surface area contributed by atoms with E-state index in [1.807, 2.05) is 48.5 Å². The van der Waals surface area contributed by atoms with Crippen LogP contribution in [0, 0.1) is 0 Å². The second-order valence-corrected chi connectivity index (χ2v) is 7.45. The summed E-state index contributed by atoms with van der Waals surface area (Å²) in [6.07, 6.45) is 0. The van der Waals surface area contributed by atoms with Crippen molar-refractivity contribution in [2.24, 2.45) is 0 Å². The Morgan fingerprint density at radius 1 is 0.964 bits per heavy atom. The van der Waals surface area contributed by atoms with Crippen molar-refractivity contribution >= 4 is 38.4 Å². The maximum Gasteiger partial charge on any atom is 0.257 e. The Kier molecular flexibility index (Phi) is 3.74. The van der Waals surface area contributed by atoms with E-state index in [2.05, 4.69) is 10.3 Å². The highest BCUT2D eigenvalue weighted by Gasteiger charge is 2.27. The molecule has 0 radical (unpaired) electrons. The Balaban J connectivity index is 1.47. The zero-order chi connectivity index (χ0) is 19.3. The Labute approximate surface area is 164 Å². The highest BCUT2D eigenvalue weighted by atomic mass is 32.1. The van der Waals surface area contributed by atoms with E-state index in [1.165, 1.54) is 11.3 Å². The molecule has 0 spiro atoms. The largest absolute Gasteiger partial charge is 0.494 e. The standard InChI is InChI=1S/C22H14N2O3S/c1-27-17-7-4-8-18-19(17)23-22(28-18)24-21(26)12-9-10-14-13-5-2-3-6-15(13)20(25)16(14)11-12/h2-11H,1H3,(H,23,24,26). The van der Waals surface area contributed by atoms with Crippen LogP contribution in [0.2, 0.25) is 0 Å². The molecule has 1 heterocycles. The summed E-state index contributed by atoms with van der Waals surface area (Å²) >= 11 is 1.38. The number of carbonyl (C=O) groups is 2. The highest BCUT2D eigenvalue weighted by Crippen LogP contribution is 2.37. The van der Waals surface area contributed by atoms with E-state index < -0.39 is 0 Å². The normalized spacial score (nSPS) is 12.0. The zero-order valence-electron chi connectivity index (χ0n) is 14.9.